The Labute approximate surface area is 117 Å². The van der Waals surface area contributed by atoms with Gasteiger partial charge in [0.25, 0.3) is 0 Å². The number of hydrogen-bond acceptors (Lipinski definition) is 4. The van der Waals surface area contributed by atoms with E-state index in [2.05, 4.69) is 21.9 Å². The number of nitrogens with zero attached hydrogens (tertiary/aromatic N) is 3. The molecule has 0 saturated heterocycles. The number of para-hydroxylation sites is 1. The Balaban J connectivity index is 2.15. The van der Waals surface area contributed by atoms with Gasteiger partial charge in [-0.1, -0.05) is 31.2 Å². The first-order valence-corrected chi connectivity index (χ1v) is 6.68. The van der Waals surface area contributed by atoms with Gasteiger partial charge in [0.15, 0.2) is 5.82 Å². The van der Waals surface area contributed by atoms with Crippen molar-refractivity contribution >= 4 is 16.7 Å². The number of fused-ring (bicyclic) bond motifs is 1. The quantitative estimate of drug-likeness (QED) is 0.772. The predicted molar refractivity (Wildman–Crippen MR) is 81.3 cm³/mol. The number of benzene rings is 1. The van der Waals surface area contributed by atoms with Gasteiger partial charge >= 0.3 is 0 Å². The lowest BCUT2D eigenvalue weighted by Crippen LogP contribution is -2.05. The lowest BCUT2D eigenvalue weighted by molar-refractivity contribution is 1.01. The van der Waals surface area contributed by atoms with Crippen LogP contribution in [0.3, 0.4) is 0 Å². The highest BCUT2D eigenvalue weighted by Crippen LogP contribution is 2.21. The van der Waals surface area contributed by atoms with Gasteiger partial charge in [-0.3, -0.25) is 0 Å². The van der Waals surface area contributed by atoms with E-state index in [-0.39, 0.29) is 0 Å². The normalized spacial score (nSPS) is 10.9. The van der Waals surface area contributed by atoms with Crippen molar-refractivity contribution in [3.63, 3.8) is 0 Å². The Hall–Kier alpha value is -2.49. The smallest absolute Gasteiger partial charge is 0.180 e. The number of hydrogen-bond donors (Lipinski definition) is 1. The average Bonchev–Trinajstić information content (AvgIpc) is 2.46. The second-order valence-electron chi connectivity index (χ2n) is 4.74. The van der Waals surface area contributed by atoms with Crippen molar-refractivity contribution in [3.8, 4) is 11.5 Å². The third-order valence-corrected chi connectivity index (χ3v) is 3.43. The van der Waals surface area contributed by atoms with Crippen LogP contribution >= 0.6 is 0 Å². The third kappa shape index (κ3) is 2.09. The maximum Gasteiger partial charge on any atom is 0.180 e. The molecule has 2 N–H and O–H groups in total. The van der Waals surface area contributed by atoms with Crippen molar-refractivity contribution in [1.29, 1.82) is 0 Å². The maximum absolute atomic E-state index is 6.00. The number of pyridine rings is 1. The fourth-order valence-corrected chi connectivity index (χ4v) is 2.36. The minimum absolute atomic E-state index is 0.546. The molecular weight excluding hydrogens is 248 g/mol. The zero-order valence-corrected chi connectivity index (χ0v) is 11.6. The van der Waals surface area contributed by atoms with Gasteiger partial charge in [-0.2, -0.15) is 0 Å². The number of aryl methyl sites for hydroxylation is 1. The molecule has 0 aliphatic carbocycles. The Kier molecular flexibility index (Phi) is 3.06. The van der Waals surface area contributed by atoms with E-state index in [0.29, 0.717) is 11.6 Å². The lowest BCUT2D eigenvalue weighted by Gasteiger charge is -2.08. The van der Waals surface area contributed by atoms with E-state index in [4.69, 9.17) is 5.73 Å². The molecule has 0 spiro atoms. The first-order valence-electron chi connectivity index (χ1n) is 6.68. The number of anilines is 1. The van der Waals surface area contributed by atoms with Gasteiger partial charge in [-0.15, -0.1) is 0 Å². The molecule has 4 nitrogen and oxygen atoms in total. The third-order valence-electron chi connectivity index (χ3n) is 3.43. The summed E-state index contributed by atoms with van der Waals surface area (Å²) in [5.41, 5.74) is 9.62. The molecule has 0 bridgehead atoms. The molecule has 0 amide bonds. The topological polar surface area (TPSA) is 64.7 Å². The molecular formula is C16H16N4. The maximum atomic E-state index is 6.00. The van der Waals surface area contributed by atoms with E-state index in [1.165, 1.54) is 0 Å². The minimum atomic E-state index is 0.546. The van der Waals surface area contributed by atoms with Gasteiger partial charge in [0.2, 0.25) is 0 Å². The molecule has 3 rings (SSSR count). The number of aromatic nitrogens is 3. The largest absolute Gasteiger partial charge is 0.383 e. The van der Waals surface area contributed by atoms with Crippen LogP contribution in [-0.2, 0) is 6.42 Å². The van der Waals surface area contributed by atoms with Gasteiger partial charge < -0.3 is 5.73 Å². The van der Waals surface area contributed by atoms with Crippen LogP contribution in [0.4, 0.5) is 5.82 Å². The molecule has 0 radical (unpaired) electrons. The first-order chi connectivity index (χ1) is 9.69. The summed E-state index contributed by atoms with van der Waals surface area (Å²) in [5, 5.41) is 1.10. The molecule has 2 heterocycles. The van der Waals surface area contributed by atoms with E-state index in [1.807, 2.05) is 43.3 Å². The second-order valence-corrected chi connectivity index (χ2v) is 4.74. The van der Waals surface area contributed by atoms with Crippen LogP contribution < -0.4 is 5.73 Å². The van der Waals surface area contributed by atoms with Crippen LogP contribution in [0.2, 0.25) is 0 Å². The monoisotopic (exact) mass is 264 g/mol. The number of nitrogen functional groups attached to an aromatic ring is 1. The Morgan fingerprint density at radius 3 is 2.55 bits per heavy atom. The van der Waals surface area contributed by atoms with Gasteiger partial charge in [-0.05, 0) is 25.5 Å². The highest BCUT2D eigenvalue weighted by molar-refractivity contribution is 5.80. The molecule has 0 aliphatic heterocycles. The Morgan fingerprint density at radius 1 is 1.00 bits per heavy atom. The lowest BCUT2D eigenvalue weighted by atomic mass is 10.1. The summed E-state index contributed by atoms with van der Waals surface area (Å²) in [6.07, 6.45) is 0.836. The van der Waals surface area contributed by atoms with E-state index in [9.17, 15) is 0 Å². The molecule has 100 valence electrons. The van der Waals surface area contributed by atoms with Crippen molar-refractivity contribution in [1.82, 2.24) is 15.0 Å². The summed E-state index contributed by atoms with van der Waals surface area (Å²) >= 11 is 0. The SMILES string of the molecule is CCc1c(C)nc(-c2ccc3ccccc3n2)nc1N. The summed E-state index contributed by atoms with van der Waals surface area (Å²) < 4.78 is 0. The van der Waals surface area contributed by atoms with Crippen molar-refractivity contribution in [2.75, 3.05) is 5.73 Å². The van der Waals surface area contributed by atoms with Crippen LogP contribution in [0.25, 0.3) is 22.4 Å². The van der Waals surface area contributed by atoms with Crippen LogP contribution in [-0.4, -0.2) is 15.0 Å². The zero-order chi connectivity index (χ0) is 14.1. The standard InChI is InChI=1S/C16H16N4/c1-3-12-10(2)18-16(20-15(12)17)14-9-8-11-6-4-5-7-13(11)19-14/h4-9H,3H2,1-2H3,(H2,17,18,20). The molecule has 20 heavy (non-hydrogen) atoms. The molecule has 0 unspecified atom stereocenters. The van der Waals surface area contributed by atoms with E-state index in [0.717, 1.165) is 34.3 Å². The second kappa shape index (κ2) is 4.89. The van der Waals surface area contributed by atoms with Crippen molar-refractivity contribution in [2.45, 2.75) is 20.3 Å². The summed E-state index contributed by atoms with van der Waals surface area (Å²) in [6.45, 7) is 4.01. The number of nitrogens with two attached hydrogens (primary N) is 1. The van der Waals surface area contributed by atoms with E-state index in [1.54, 1.807) is 0 Å². The molecule has 3 aromatic rings. The van der Waals surface area contributed by atoms with Crippen LogP contribution in [0, 0.1) is 6.92 Å². The minimum Gasteiger partial charge on any atom is -0.383 e. The van der Waals surface area contributed by atoms with Crippen LogP contribution in [0.15, 0.2) is 36.4 Å². The molecule has 0 fully saturated rings. The summed E-state index contributed by atoms with van der Waals surface area (Å²) in [7, 11) is 0. The molecule has 0 atom stereocenters. The fourth-order valence-electron chi connectivity index (χ4n) is 2.36. The van der Waals surface area contributed by atoms with Gasteiger partial charge in [-0.25, -0.2) is 15.0 Å². The first kappa shape index (κ1) is 12.5. The molecule has 1 aromatic carbocycles. The van der Waals surface area contributed by atoms with E-state index < -0.39 is 0 Å². The highest BCUT2D eigenvalue weighted by Gasteiger charge is 2.10. The van der Waals surface area contributed by atoms with Crippen LogP contribution in [0.5, 0.6) is 0 Å². The Bertz CT molecular complexity index is 757. The van der Waals surface area contributed by atoms with Gasteiger partial charge in [0, 0.05) is 16.6 Å². The molecule has 0 saturated carbocycles. The van der Waals surface area contributed by atoms with E-state index >= 15 is 0 Å². The molecule has 4 heteroatoms. The zero-order valence-electron chi connectivity index (χ0n) is 11.6. The van der Waals surface area contributed by atoms with Crippen LogP contribution in [0.1, 0.15) is 18.2 Å². The van der Waals surface area contributed by atoms with Gasteiger partial charge in [0.1, 0.15) is 11.5 Å². The number of rotatable bonds is 2. The summed E-state index contributed by atoms with van der Waals surface area (Å²) in [4.78, 5) is 13.5. The summed E-state index contributed by atoms with van der Waals surface area (Å²) in [5.74, 6) is 1.13. The average molecular weight is 264 g/mol. The van der Waals surface area contributed by atoms with Crippen molar-refractivity contribution in [3.05, 3.63) is 47.7 Å². The molecule has 0 aliphatic rings. The fraction of sp³-hybridized carbons (Fsp3) is 0.188. The van der Waals surface area contributed by atoms with Crippen molar-refractivity contribution in [2.24, 2.45) is 0 Å². The highest BCUT2D eigenvalue weighted by atomic mass is 15.0. The predicted octanol–water partition coefficient (Wildman–Crippen LogP) is 3.14. The van der Waals surface area contributed by atoms with Gasteiger partial charge in [0.05, 0.1) is 5.52 Å². The summed E-state index contributed by atoms with van der Waals surface area (Å²) in [6, 6.07) is 11.9. The van der Waals surface area contributed by atoms with Crippen molar-refractivity contribution < 1.29 is 0 Å². The Morgan fingerprint density at radius 2 is 1.80 bits per heavy atom. The molecule has 2 aromatic heterocycles.